The van der Waals surface area contributed by atoms with Gasteiger partial charge in [0.15, 0.2) is 0 Å². The van der Waals surface area contributed by atoms with Gasteiger partial charge in [0.05, 0.1) is 25.4 Å². The fraction of sp³-hybridized carbons (Fsp3) is 0.500. The third-order valence-corrected chi connectivity index (χ3v) is 2.65. The predicted molar refractivity (Wildman–Crippen MR) is 66.4 cm³/mol. The molecule has 6 heteroatoms. The highest BCUT2D eigenvalue weighted by atomic mass is 16.6. The van der Waals surface area contributed by atoms with Gasteiger partial charge in [-0.15, -0.1) is 0 Å². The van der Waals surface area contributed by atoms with Crippen LogP contribution in [0, 0.1) is 0 Å². The Bertz CT molecular complexity index is 388. The number of carbonyl (C=O) groups excluding carboxylic acids is 1. The van der Waals surface area contributed by atoms with Gasteiger partial charge in [0, 0.05) is 19.3 Å². The monoisotopic (exact) mass is 251 g/mol. The Hall–Kier alpha value is -1.66. The number of amides is 1. The van der Waals surface area contributed by atoms with Crippen LogP contribution in [0.2, 0.25) is 0 Å². The number of carbonyl (C=O) groups is 1. The number of hydroxylamine groups is 1. The molecule has 0 aliphatic carbocycles. The minimum atomic E-state index is -0.280. The van der Waals surface area contributed by atoms with E-state index in [4.69, 9.17) is 9.57 Å². The minimum Gasteiger partial charge on any atom is -0.378 e. The van der Waals surface area contributed by atoms with Gasteiger partial charge in [-0.05, 0) is 19.1 Å². The molecule has 1 aliphatic rings. The number of pyridine rings is 1. The molecule has 1 amide bonds. The van der Waals surface area contributed by atoms with Gasteiger partial charge < -0.3 is 9.64 Å². The van der Waals surface area contributed by atoms with Crippen molar-refractivity contribution in [3.63, 3.8) is 0 Å². The molecule has 0 spiro atoms. The lowest BCUT2D eigenvalue weighted by molar-refractivity contribution is 0.0364. The average Bonchev–Trinajstić information content (AvgIpc) is 2.46. The normalized spacial score (nSPS) is 15.5. The van der Waals surface area contributed by atoms with Crippen molar-refractivity contribution < 1.29 is 14.4 Å². The van der Waals surface area contributed by atoms with Gasteiger partial charge in [-0.1, -0.05) is 0 Å². The third kappa shape index (κ3) is 3.18. The molecule has 98 valence electrons. The van der Waals surface area contributed by atoms with Gasteiger partial charge in [0.25, 0.3) is 5.91 Å². The maximum absolute atomic E-state index is 11.6. The van der Waals surface area contributed by atoms with E-state index in [0.717, 1.165) is 18.9 Å². The second-order valence-electron chi connectivity index (χ2n) is 3.87. The highest BCUT2D eigenvalue weighted by Gasteiger charge is 2.13. The standard InChI is InChI=1S/C12H17N3O3/c1-2-18-14-12(16)10-3-4-11(13-9-10)15-5-7-17-8-6-15/h3-4,9H,2,5-8H2,1H3,(H,14,16). The minimum absolute atomic E-state index is 0.280. The van der Waals surface area contributed by atoms with E-state index >= 15 is 0 Å². The van der Waals surface area contributed by atoms with Crippen LogP contribution in [-0.4, -0.2) is 43.8 Å². The van der Waals surface area contributed by atoms with Crippen LogP contribution in [0.4, 0.5) is 5.82 Å². The first-order chi connectivity index (χ1) is 8.81. The number of ether oxygens (including phenoxy) is 1. The van der Waals surface area contributed by atoms with Crippen LogP contribution in [0.15, 0.2) is 18.3 Å². The van der Waals surface area contributed by atoms with E-state index in [9.17, 15) is 4.79 Å². The highest BCUT2D eigenvalue weighted by molar-refractivity contribution is 5.93. The van der Waals surface area contributed by atoms with E-state index < -0.39 is 0 Å². The average molecular weight is 251 g/mol. The number of morpholine rings is 1. The van der Waals surface area contributed by atoms with Crippen LogP contribution in [0.1, 0.15) is 17.3 Å². The van der Waals surface area contributed by atoms with Crippen LogP contribution >= 0.6 is 0 Å². The van der Waals surface area contributed by atoms with E-state index in [1.165, 1.54) is 0 Å². The molecule has 6 nitrogen and oxygen atoms in total. The van der Waals surface area contributed by atoms with E-state index in [2.05, 4.69) is 15.4 Å². The Kier molecular flexibility index (Phi) is 4.49. The number of hydrogen-bond acceptors (Lipinski definition) is 5. The fourth-order valence-electron chi connectivity index (χ4n) is 1.70. The smallest absolute Gasteiger partial charge is 0.276 e. The molecule has 2 heterocycles. The molecule has 1 saturated heterocycles. The number of nitrogens with one attached hydrogen (secondary N) is 1. The largest absolute Gasteiger partial charge is 0.378 e. The maximum atomic E-state index is 11.6. The second-order valence-corrected chi connectivity index (χ2v) is 3.87. The van der Waals surface area contributed by atoms with E-state index in [-0.39, 0.29) is 5.91 Å². The number of anilines is 1. The van der Waals surface area contributed by atoms with E-state index in [1.54, 1.807) is 19.2 Å². The van der Waals surface area contributed by atoms with Crippen molar-refractivity contribution in [2.75, 3.05) is 37.8 Å². The Morgan fingerprint density at radius 3 is 2.89 bits per heavy atom. The van der Waals surface area contributed by atoms with Crippen LogP contribution < -0.4 is 10.4 Å². The fourth-order valence-corrected chi connectivity index (χ4v) is 1.70. The quantitative estimate of drug-likeness (QED) is 0.794. The molecule has 0 radical (unpaired) electrons. The molecule has 0 atom stereocenters. The first-order valence-corrected chi connectivity index (χ1v) is 6.02. The predicted octanol–water partition coefficient (Wildman–Crippen LogP) is 0.599. The summed E-state index contributed by atoms with van der Waals surface area (Å²) >= 11 is 0. The van der Waals surface area contributed by atoms with Crippen molar-refractivity contribution in [1.29, 1.82) is 0 Å². The Morgan fingerprint density at radius 1 is 1.50 bits per heavy atom. The zero-order valence-electron chi connectivity index (χ0n) is 10.4. The molecule has 1 aromatic heterocycles. The number of nitrogens with zero attached hydrogens (tertiary/aromatic N) is 2. The molecule has 0 bridgehead atoms. The summed E-state index contributed by atoms with van der Waals surface area (Å²) in [5.74, 6) is 0.587. The summed E-state index contributed by atoms with van der Waals surface area (Å²) in [5.41, 5.74) is 2.82. The van der Waals surface area contributed by atoms with Gasteiger partial charge in [-0.25, -0.2) is 10.5 Å². The Labute approximate surface area is 106 Å². The molecule has 2 rings (SSSR count). The SMILES string of the molecule is CCONC(=O)c1ccc(N2CCOCC2)nc1. The van der Waals surface area contributed by atoms with E-state index in [0.29, 0.717) is 25.4 Å². The molecular formula is C12H17N3O3. The summed E-state index contributed by atoms with van der Waals surface area (Å²) in [4.78, 5) is 22.8. The lowest BCUT2D eigenvalue weighted by atomic mass is 10.2. The number of hydrogen-bond donors (Lipinski definition) is 1. The first kappa shape index (κ1) is 12.8. The molecule has 0 unspecified atom stereocenters. The summed E-state index contributed by atoms with van der Waals surface area (Å²) in [6.07, 6.45) is 1.55. The Balaban J connectivity index is 1.98. The highest BCUT2D eigenvalue weighted by Crippen LogP contribution is 2.12. The van der Waals surface area contributed by atoms with Crippen LogP contribution in [0.5, 0.6) is 0 Å². The second kappa shape index (κ2) is 6.32. The van der Waals surface area contributed by atoms with Crippen molar-refractivity contribution in [2.24, 2.45) is 0 Å². The molecule has 18 heavy (non-hydrogen) atoms. The summed E-state index contributed by atoms with van der Waals surface area (Å²) < 4.78 is 5.28. The van der Waals surface area contributed by atoms with Crippen LogP contribution in [0.3, 0.4) is 0 Å². The molecule has 0 saturated carbocycles. The Morgan fingerprint density at radius 2 is 2.28 bits per heavy atom. The van der Waals surface area contributed by atoms with Crippen molar-refractivity contribution in [3.05, 3.63) is 23.9 Å². The van der Waals surface area contributed by atoms with Crippen molar-refractivity contribution in [1.82, 2.24) is 10.5 Å². The van der Waals surface area contributed by atoms with Gasteiger partial charge >= 0.3 is 0 Å². The van der Waals surface area contributed by atoms with Crippen molar-refractivity contribution in [2.45, 2.75) is 6.92 Å². The van der Waals surface area contributed by atoms with E-state index in [1.807, 2.05) is 6.07 Å². The van der Waals surface area contributed by atoms with Crippen molar-refractivity contribution >= 4 is 11.7 Å². The summed E-state index contributed by atoms with van der Waals surface area (Å²) in [6, 6.07) is 3.58. The zero-order valence-corrected chi connectivity index (χ0v) is 10.4. The topological polar surface area (TPSA) is 63.7 Å². The first-order valence-electron chi connectivity index (χ1n) is 6.02. The third-order valence-electron chi connectivity index (χ3n) is 2.65. The van der Waals surface area contributed by atoms with Gasteiger partial charge in [0.2, 0.25) is 0 Å². The van der Waals surface area contributed by atoms with Crippen molar-refractivity contribution in [3.8, 4) is 0 Å². The molecule has 1 fully saturated rings. The lowest BCUT2D eigenvalue weighted by Gasteiger charge is -2.27. The number of rotatable bonds is 4. The van der Waals surface area contributed by atoms with Crippen LogP contribution in [0.25, 0.3) is 0 Å². The molecule has 1 N–H and O–H groups in total. The van der Waals surface area contributed by atoms with Gasteiger partial charge in [-0.2, -0.15) is 0 Å². The van der Waals surface area contributed by atoms with Gasteiger partial charge in [-0.3, -0.25) is 9.63 Å². The molecule has 1 aliphatic heterocycles. The summed E-state index contributed by atoms with van der Waals surface area (Å²) in [7, 11) is 0. The summed E-state index contributed by atoms with van der Waals surface area (Å²) in [5, 5.41) is 0. The molecule has 0 aromatic carbocycles. The maximum Gasteiger partial charge on any atom is 0.276 e. The van der Waals surface area contributed by atoms with Gasteiger partial charge in [0.1, 0.15) is 5.82 Å². The van der Waals surface area contributed by atoms with Crippen LogP contribution in [-0.2, 0) is 9.57 Å². The lowest BCUT2D eigenvalue weighted by Crippen LogP contribution is -2.36. The molecule has 1 aromatic rings. The summed E-state index contributed by atoms with van der Waals surface area (Å²) in [6.45, 7) is 5.34. The zero-order chi connectivity index (χ0) is 12.8. The molecular weight excluding hydrogens is 234 g/mol. The number of aromatic nitrogens is 1.